The SMILES string of the molecule is COc1ccc2cc(CC(=O)NO)ccc2c1. The third kappa shape index (κ3) is 2.54. The first-order valence-electron chi connectivity index (χ1n) is 5.22. The lowest BCUT2D eigenvalue weighted by Gasteiger charge is -2.05. The second kappa shape index (κ2) is 4.84. The number of fused-ring (bicyclic) bond motifs is 1. The fourth-order valence-electron chi connectivity index (χ4n) is 1.74. The highest BCUT2D eigenvalue weighted by atomic mass is 16.5. The Balaban J connectivity index is 2.34. The molecule has 0 atom stereocenters. The smallest absolute Gasteiger partial charge is 0.247 e. The first-order valence-corrected chi connectivity index (χ1v) is 5.22. The molecule has 0 aliphatic heterocycles. The summed E-state index contributed by atoms with van der Waals surface area (Å²) in [4.78, 5) is 11.0. The Morgan fingerprint density at radius 3 is 2.65 bits per heavy atom. The standard InChI is InChI=1S/C13H13NO3/c1-17-12-5-4-10-6-9(7-13(15)14-16)2-3-11(10)8-12/h2-6,8,16H,7H2,1H3,(H,14,15). The first-order chi connectivity index (χ1) is 8.22. The van der Waals surface area contributed by atoms with Gasteiger partial charge in [-0.3, -0.25) is 10.0 Å². The van der Waals surface area contributed by atoms with E-state index in [0.29, 0.717) is 0 Å². The van der Waals surface area contributed by atoms with Crippen LogP contribution >= 0.6 is 0 Å². The van der Waals surface area contributed by atoms with Crippen molar-refractivity contribution in [1.29, 1.82) is 0 Å². The van der Waals surface area contributed by atoms with Crippen molar-refractivity contribution in [2.45, 2.75) is 6.42 Å². The molecule has 0 bridgehead atoms. The number of rotatable bonds is 3. The highest BCUT2D eigenvalue weighted by Crippen LogP contribution is 2.21. The van der Waals surface area contributed by atoms with E-state index < -0.39 is 5.91 Å². The number of hydrogen-bond donors (Lipinski definition) is 2. The Kier molecular flexibility index (Phi) is 3.25. The van der Waals surface area contributed by atoms with Gasteiger partial charge in [-0.25, -0.2) is 5.48 Å². The average Bonchev–Trinajstić information content (AvgIpc) is 2.38. The molecule has 0 aliphatic carbocycles. The summed E-state index contributed by atoms with van der Waals surface area (Å²) in [7, 11) is 1.63. The number of benzene rings is 2. The number of carbonyl (C=O) groups excluding carboxylic acids is 1. The predicted molar refractivity (Wildman–Crippen MR) is 64.1 cm³/mol. The lowest BCUT2D eigenvalue weighted by atomic mass is 10.0. The number of amides is 1. The molecule has 2 N–H and O–H groups in total. The molecule has 0 spiro atoms. The zero-order chi connectivity index (χ0) is 12.3. The summed E-state index contributed by atoms with van der Waals surface area (Å²) in [5.41, 5.74) is 2.48. The van der Waals surface area contributed by atoms with Gasteiger partial charge in [-0.05, 0) is 28.5 Å². The monoisotopic (exact) mass is 231 g/mol. The third-order valence-corrected chi connectivity index (χ3v) is 2.60. The van der Waals surface area contributed by atoms with Gasteiger partial charge in [0.1, 0.15) is 5.75 Å². The molecule has 17 heavy (non-hydrogen) atoms. The molecular weight excluding hydrogens is 218 g/mol. The molecule has 88 valence electrons. The van der Waals surface area contributed by atoms with E-state index in [0.717, 1.165) is 22.1 Å². The fraction of sp³-hybridized carbons (Fsp3) is 0.154. The van der Waals surface area contributed by atoms with Gasteiger partial charge in [0.05, 0.1) is 13.5 Å². The van der Waals surface area contributed by atoms with E-state index in [2.05, 4.69) is 0 Å². The fourth-order valence-corrected chi connectivity index (χ4v) is 1.74. The van der Waals surface area contributed by atoms with Gasteiger partial charge < -0.3 is 4.74 Å². The van der Waals surface area contributed by atoms with E-state index in [4.69, 9.17) is 9.94 Å². The third-order valence-electron chi connectivity index (χ3n) is 2.60. The molecule has 1 amide bonds. The van der Waals surface area contributed by atoms with E-state index in [1.165, 1.54) is 0 Å². The Morgan fingerprint density at radius 2 is 1.94 bits per heavy atom. The van der Waals surface area contributed by atoms with Crippen molar-refractivity contribution in [3.8, 4) is 5.75 Å². The maximum Gasteiger partial charge on any atom is 0.247 e. The van der Waals surface area contributed by atoms with Crippen LogP contribution in [0.5, 0.6) is 5.75 Å². The van der Waals surface area contributed by atoms with Crippen LogP contribution in [0, 0.1) is 0 Å². The molecule has 0 saturated heterocycles. The van der Waals surface area contributed by atoms with Crippen LogP contribution in [0.15, 0.2) is 36.4 Å². The second-order valence-corrected chi connectivity index (χ2v) is 3.76. The quantitative estimate of drug-likeness (QED) is 0.626. The number of carbonyl (C=O) groups is 1. The van der Waals surface area contributed by atoms with Gasteiger partial charge in [-0.15, -0.1) is 0 Å². The van der Waals surface area contributed by atoms with Gasteiger partial charge in [-0.1, -0.05) is 24.3 Å². The van der Waals surface area contributed by atoms with E-state index in [1.807, 2.05) is 36.4 Å². The lowest BCUT2D eigenvalue weighted by Crippen LogP contribution is -2.20. The van der Waals surface area contributed by atoms with Crippen LogP contribution in [0.25, 0.3) is 10.8 Å². The van der Waals surface area contributed by atoms with Crippen LogP contribution in [-0.4, -0.2) is 18.2 Å². The normalized spacial score (nSPS) is 10.2. The maximum absolute atomic E-state index is 11.0. The maximum atomic E-state index is 11.0. The summed E-state index contributed by atoms with van der Waals surface area (Å²) >= 11 is 0. The molecule has 0 aliphatic rings. The Bertz CT molecular complexity index is 551. The van der Waals surface area contributed by atoms with Gasteiger partial charge in [0.2, 0.25) is 5.91 Å². The minimum Gasteiger partial charge on any atom is -0.497 e. The van der Waals surface area contributed by atoms with Crippen molar-refractivity contribution in [3.05, 3.63) is 42.0 Å². The molecule has 2 aromatic rings. The summed E-state index contributed by atoms with van der Waals surface area (Å²) in [5, 5.41) is 10.6. The van der Waals surface area contributed by atoms with Crippen LogP contribution in [0.3, 0.4) is 0 Å². The minimum atomic E-state index is -0.419. The van der Waals surface area contributed by atoms with Crippen LogP contribution in [0.2, 0.25) is 0 Å². The minimum absolute atomic E-state index is 0.165. The number of hydrogen-bond acceptors (Lipinski definition) is 3. The molecule has 0 heterocycles. The van der Waals surface area contributed by atoms with Crippen molar-refractivity contribution in [2.75, 3.05) is 7.11 Å². The summed E-state index contributed by atoms with van der Waals surface area (Å²) in [5.74, 6) is 0.385. The molecule has 0 radical (unpaired) electrons. The van der Waals surface area contributed by atoms with Crippen molar-refractivity contribution in [3.63, 3.8) is 0 Å². The van der Waals surface area contributed by atoms with Crippen LogP contribution in [-0.2, 0) is 11.2 Å². The molecule has 0 unspecified atom stereocenters. The molecule has 2 rings (SSSR count). The Labute approximate surface area is 98.8 Å². The number of hydroxylamine groups is 1. The molecule has 0 fully saturated rings. The Morgan fingerprint density at radius 1 is 1.24 bits per heavy atom. The zero-order valence-electron chi connectivity index (χ0n) is 9.43. The average molecular weight is 231 g/mol. The van der Waals surface area contributed by atoms with Crippen molar-refractivity contribution in [2.24, 2.45) is 0 Å². The molecule has 0 saturated carbocycles. The summed E-state index contributed by atoms with van der Waals surface area (Å²) in [6.45, 7) is 0. The first kappa shape index (κ1) is 11.4. The summed E-state index contributed by atoms with van der Waals surface area (Å²) in [6, 6.07) is 11.5. The second-order valence-electron chi connectivity index (χ2n) is 3.76. The van der Waals surface area contributed by atoms with E-state index in [9.17, 15) is 4.79 Å². The van der Waals surface area contributed by atoms with Gasteiger partial charge in [0, 0.05) is 0 Å². The van der Waals surface area contributed by atoms with E-state index in [1.54, 1.807) is 12.6 Å². The van der Waals surface area contributed by atoms with Gasteiger partial charge >= 0.3 is 0 Å². The molecule has 0 aromatic heterocycles. The summed E-state index contributed by atoms with van der Waals surface area (Å²) in [6.07, 6.45) is 0.165. The molecule has 4 nitrogen and oxygen atoms in total. The van der Waals surface area contributed by atoms with E-state index >= 15 is 0 Å². The van der Waals surface area contributed by atoms with Gasteiger partial charge in [0.15, 0.2) is 0 Å². The zero-order valence-corrected chi connectivity index (χ0v) is 9.43. The highest BCUT2D eigenvalue weighted by Gasteiger charge is 2.03. The summed E-state index contributed by atoms with van der Waals surface area (Å²) < 4.78 is 5.14. The van der Waals surface area contributed by atoms with Crippen molar-refractivity contribution >= 4 is 16.7 Å². The van der Waals surface area contributed by atoms with Crippen LogP contribution in [0.4, 0.5) is 0 Å². The van der Waals surface area contributed by atoms with Crippen LogP contribution < -0.4 is 10.2 Å². The van der Waals surface area contributed by atoms with Crippen molar-refractivity contribution < 1.29 is 14.7 Å². The lowest BCUT2D eigenvalue weighted by molar-refractivity contribution is -0.128. The van der Waals surface area contributed by atoms with Crippen molar-refractivity contribution in [1.82, 2.24) is 5.48 Å². The molecule has 2 aromatic carbocycles. The van der Waals surface area contributed by atoms with Gasteiger partial charge in [-0.2, -0.15) is 0 Å². The van der Waals surface area contributed by atoms with Gasteiger partial charge in [0.25, 0.3) is 0 Å². The number of methoxy groups -OCH3 is 1. The number of ether oxygens (including phenoxy) is 1. The topological polar surface area (TPSA) is 58.6 Å². The molecular formula is C13H13NO3. The largest absolute Gasteiger partial charge is 0.497 e. The Hall–Kier alpha value is -2.07. The van der Waals surface area contributed by atoms with Crippen LogP contribution in [0.1, 0.15) is 5.56 Å². The molecule has 4 heteroatoms. The predicted octanol–water partition coefficient (Wildman–Crippen LogP) is 1.90. The number of nitrogens with one attached hydrogen (secondary N) is 1. The highest BCUT2D eigenvalue weighted by molar-refractivity contribution is 5.86. The van der Waals surface area contributed by atoms with E-state index in [-0.39, 0.29) is 6.42 Å².